The van der Waals surface area contributed by atoms with Crippen molar-refractivity contribution in [3.63, 3.8) is 0 Å². The first kappa shape index (κ1) is 11.0. The summed E-state index contributed by atoms with van der Waals surface area (Å²) >= 11 is 0. The quantitative estimate of drug-likeness (QED) is 0.552. The van der Waals surface area contributed by atoms with Crippen molar-refractivity contribution < 1.29 is 9.59 Å². The van der Waals surface area contributed by atoms with Gasteiger partial charge in [-0.05, 0) is 20.3 Å². The molecular weight excluding hydrogens is 182 g/mol. The van der Waals surface area contributed by atoms with Gasteiger partial charge >= 0.3 is 0 Å². The second kappa shape index (κ2) is 3.96. The summed E-state index contributed by atoms with van der Waals surface area (Å²) in [6.45, 7) is 4.08. The Labute approximate surface area is 83.4 Å². The van der Waals surface area contributed by atoms with Crippen LogP contribution in [-0.4, -0.2) is 29.9 Å². The molecule has 5 nitrogen and oxygen atoms in total. The zero-order valence-electron chi connectivity index (χ0n) is 8.59. The normalized spacial score (nSPS) is 21.9. The van der Waals surface area contributed by atoms with Crippen LogP contribution in [0.2, 0.25) is 0 Å². The lowest BCUT2D eigenvalue weighted by Crippen LogP contribution is -2.49. The van der Waals surface area contributed by atoms with Crippen LogP contribution >= 0.6 is 0 Å². The van der Waals surface area contributed by atoms with Crippen LogP contribution in [0.25, 0.3) is 0 Å². The molecule has 1 saturated heterocycles. The Morgan fingerprint density at radius 3 is 2.79 bits per heavy atom. The van der Waals surface area contributed by atoms with E-state index in [9.17, 15) is 9.59 Å². The maximum atomic E-state index is 11.5. The minimum Gasteiger partial charge on any atom is -0.352 e. The van der Waals surface area contributed by atoms with Crippen molar-refractivity contribution in [1.29, 1.82) is 0 Å². The van der Waals surface area contributed by atoms with E-state index in [1.165, 1.54) is 0 Å². The lowest BCUT2D eigenvalue weighted by molar-refractivity contribution is -0.125. The molecule has 14 heavy (non-hydrogen) atoms. The van der Waals surface area contributed by atoms with E-state index in [-0.39, 0.29) is 17.9 Å². The van der Waals surface area contributed by atoms with Crippen LogP contribution < -0.4 is 16.4 Å². The summed E-state index contributed by atoms with van der Waals surface area (Å²) in [4.78, 5) is 22.3. The van der Waals surface area contributed by atoms with Crippen molar-refractivity contribution in [2.45, 2.75) is 38.3 Å². The highest BCUT2D eigenvalue weighted by molar-refractivity contribution is 5.90. The molecule has 4 N–H and O–H groups in total. The number of amides is 2. The molecule has 0 aromatic carbocycles. The van der Waals surface area contributed by atoms with E-state index in [0.29, 0.717) is 19.4 Å². The first-order valence-electron chi connectivity index (χ1n) is 4.74. The Balaban J connectivity index is 2.32. The van der Waals surface area contributed by atoms with Gasteiger partial charge in [-0.25, -0.2) is 0 Å². The molecule has 1 atom stereocenters. The molecule has 0 aromatic heterocycles. The summed E-state index contributed by atoms with van der Waals surface area (Å²) < 4.78 is 0. The zero-order chi connectivity index (χ0) is 10.8. The van der Waals surface area contributed by atoms with Gasteiger partial charge in [0.05, 0.1) is 0 Å². The molecule has 2 amide bonds. The third kappa shape index (κ3) is 3.33. The van der Waals surface area contributed by atoms with E-state index in [0.717, 1.165) is 0 Å². The molecule has 1 heterocycles. The smallest absolute Gasteiger partial charge is 0.242 e. The maximum absolute atomic E-state index is 11.5. The number of carbonyl (C=O) groups excluding carboxylic acids is 2. The van der Waals surface area contributed by atoms with Crippen molar-refractivity contribution >= 4 is 11.8 Å². The van der Waals surface area contributed by atoms with E-state index in [2.05, 4.69) is 10.6 Å². The Bertz CT molecular complexity index is 245. The summed E-state index contributed by atoms with van der Waals surface area (Å²) in [5.74, 6) is -0.202. The Morgan fingerprint density at radius 2 is 2.36 bits per heavy atom. The van der Waals surface area contributed by atoms with E-state index >= 15 is 0 Å². The molecule has 0 bridgehead atoms. The van der Waals surface area contributed by atoms with Gasteiger partial charge in [-0.2, -0.15) is 0 Å². The second-order valence-electron chi connectivity index (χ2n) is 4.37. The van der Waals surface area contributed by atoms with Crippen molar-refractivity contribution in [3.8, 4) is 0 Å². The predicted octanol–water partition coefficient (Wildman–Crippen LogP) is -0.881. The fourth-order valence-corrected chi connectivity index (χ4v) is 1.25. The minimum absolute atomic E-state index is 0.0582. The van der Waals surface area contributed by atoms with Gasteiger partial charge in [-0.1, -0.05) is 0 Å². The summed E-state index contributed by atoms with van der Waals surface area (Å²) in [7, 11) is 0. The van der Waals surface area contributed by atoms with Crippen molar-refractivity contribution in [3.05, 3.63) is 0 Å². The number of carbonyl (C=O) groups is 2. The molecule has 0 saturated carbocycles. The highest BCUT2D eigenvalue weighted by Gasteiger charge is 2.27. The fraction of sp³-hybridized carbons (Fsp3) is 0.778. The Kier molecular flexibility index (Phi) is 3.10. The van der Waals surface area contributed by atoms with E-state index < -0.39 is 5.54 Å². The number of nitrogens with one attached hydrogen (secondary N) is 2. The van der Waals surface area contributed by atoms with E-state index in [4.69, 9.17) is 5.73 Å². The van der Waals surface area contributed by atoms with Gasteiger partial charge in [0.25, 0.3) is 0 Å². The summed E-state index contributed by atoms with van der Waals surface area (Å²) in [6, 6.07) is -0.371. The third-order valence-corrected chi connectivity index (χ3v) is 2.03. The Hall–Kier alpha value is -1.10. The number of nitrogens with two attached hydrogens (primary N) is 1. The van der Waals surface area contributed by atoms with Gasteiger partial charge in [0, 0.05) is 18.5 Å². The van der Waals surface area contributed by atoms with Gasteiger partial charge in [-0.3, -0.25) is 9.59 Å². The molecule has 5 heteroatoms. The van der Waals surface area contributed by atoms with Gasteiger partial charge < -0.3 is 16.4 Å². The van der Waals surface area contributed by atoms with E-state index in [1.807, 2.05) is 13.8 Å². The molecule has 80 valence electrons. The first-order chi connectivity index (χ1) is 6.38. The molecule has 1 fully saturated rings. The molecule has 1 aliphatic rings. The topological polar surface area (TPSA) is 84.2 Å². The third-order valence-electron chi connectivity index (χ3n) is 2.03. The molecule has 1 rings (SSSR count). The first-order valence-corrected chi connectivity index (χ1v) is 4.74. The van der Waals surface area contributed by atoms with E-state index in [1.54, 1.807) is 0 Å². The summed E-state index contributed by atoms with van der Waals surface area (Å²) in [5.41, 5.74) is 5.29. The predicted molar refractivity (Wildman–Crippen MR) is 52.4 cm³/mol. The van der Waals surface area contributed by atoms with Crippen LogP contribution in [0.5, 0.6) is 0 Å². The average molecular weight is 199 g/mol. The molecule has 0 aromatic rings. The number of hydrogen-bond donors (Lipinski definition) is 3. The van der Waals surface area contributed by atoms with Crippen LogP contribution in [0.1, 0.15) is 26.7 Å². The second-order valence-corrected chi connectivity index (χ2v) is 4.37. The largest absolute Gasteiger partial charge is 0.352 e. The fourth-order valence-electron chi connectivity index (χ4n) is 1.25. The molecular formula is C9H17N3O2. The highest BCUT2D eigenvalue weighted by Crippen LogP contribution is 2.06. The van der Waals surface area contributed by atoms with Crippen LogP contribution in [0.4, 0.5) is 0 Å². The molecule has 0 radical (unpaired) electrons. The number of rotatable bonds is 3. The monoisotopic (exact) mass is 199 g/mol. The average Bonchev–Trinajstić information content (AvgIpc) is 2.46. The van der Waals surface area contributed by atoms with Crippen molar-refractivity contribution in [2.24, 2.45) is 5.73 Å². The lowest BCUT2D eigenvalue weighted by Gasteiger charge is -2.20. The summed E-state index contributed by atoms with van der Waals surface area (Å²) in [6.07, 6.45) is 1.01. The highest BCUT2D eigenvalue weighted by atomic mass is 16.2. The SMILES string of the molecule is CC(C)(N)CNC(=O)[C@@H]1CCC(=O)N1. The van der Waals surface area contributed by atoms with Crippen LogP contribution in [0, 0.1) is 0 Å². The van der Waals surface area contributed by atoms with Crippen molar-refractivity contribution in [1.82, 2.24) is 10.6 Å². The minimum atomic E-state index is -0.418. The molecule has 0 spiro atoms. The van der Waals surface area contributed by atoms with Gasteiger partial charge in [-0.15, -0.1) is 0 Å². The Morgan fingerprint density at radius 1 is 1.71 bits per heavy atom. The number of hydrogen-bond acceptors (Lipinski definition) is 3. The molecule has 0 unspecified atom stereocenters. The maximum Gasteiger partial charge on any atom is 0.242 e. The standard InChI is InChI=1S/C9H17N3O2/c1-9(2,10)5-11-8(14)6-3-4-7(13)12-6/h6H,3-5,10H2,1-2H3,(H,11,14)(H,12,13)/t6-/m0/s1. The van der Waals surface area contributed by atoms with Crippen LogP contribution in [0.15, 0.2) is 0 Å². The molecule has 1 aliphatic heterocycles. The van der Waals surface area contributed by atoms with Crippen LogP contribution in [0.3, 0.4) is 0 Å². The van der Waals surface area contributed by atoms with Gasteiger partial charge in [0.2, 0.25) is 11.8 Å². The van der Waals surface area contributed by atoms with Gasteiger partial charge in [0.15, 0.2) is 0 Å². The summed E-state index contributed by atoms with van der Waals surface area (Å²) in [5, 5.41) is 5.30. The van der Waals surface area contributed by atoms with Crippen molar-refractivity contribution in [2.75, 3.05) is 6.54 Å². The lowest BCUT2D eigenvalue weighted by atomic mass is 10.1. The van der Waals surface area contributed by atoms with Crippen LogP contribution in [-0.2, 0) is 9.59 Å². The molecule has 0 aliphatic carbocycles. The zero-order valence-corrected chi connectivity index (χ0v) is 8.59. The van der Waals surface area contributed by atoms with Gasteiger partial charge in [0.1, 0.15) is 6.04 Å².